The van der Waals surface area contributed by atoms with Crippen LogP contribution in [0.4, 0.5) is 0 Å². The van der Waals surface area contributed by atoms with Gasteiger partial charge in [-0.25, -0.2) is 4.98 Å². The highest BCUT2D eigenvalue weighted by atomic mass is 16.5. The summed E-state index contributed by atoms with van der Waals surface area (Å²) < 4.78 is 7.46. The topological polar surface area (TPSA) is 39.1 Å². The fourth-order valence-corrected chi connectivity index (χ4v) is 1.83. The fraction of sp³-hybridized carbons (Fsp3) is 0.308. The highest BCUT2D eigenvalue weighted by Crippen LogP contribution is 2.18. The lowest BCUT2D eigenvalue weighted by atomic mass is 10.2. The smallest absolute Gasteiger partial charge is 0.123 e. The zero-order chi connectivity index (χ0) is 12.1. The van der Waals surface area contributed by atoms with Crippen molar-refractivity contribution >= 4 is 0 Å². The number of rotatable bonds is 5. The summed E-state index contributed by atoms with van der Waals surface area (Å²) in [5, 5.41) is 3.11. The number of ether oxygens (including phenoxy) is 1. The van der Waals surface area contributed by atoms with Crippen LogP contribution >= 0.6 is 0 Å². The molecule has 0 atom stereocenters. The molecule has 1 N–H and O–H groups in total. The van der Waals surface area contributed by atoms with Gasteiger partial charge in [-0.1, -0.05) is 18.2 Å². The summed E-state index contributed by atoms with van der Waals surface area (Å²) in [6.07, 6.45) is 3.81. The Morgan fingerprint density at radius 1 is 1.35 bits per heavy atom. The second-order valence-electron chi connectivity index (χ2n) is 3.81. The summed E-state index contributed by atoms with van der Waals surface area (Å²) in [6.45, 7) is 1.54. The first kappa shape index (κ1) is 11.7. The van der Waals surface area contributed by atoms with Gasteiger partial charge in [0.25, 0.3) is 0 Å². The van der Waals surface area contributed by atoms with Crippen LogP contribution in [0.1, 0.15) is 11.4 Å². The van der Waals surface area contributed by atoms with Gasteiger partial charge in [0.05, 0.1) is 20.2 Å². The quantitative estimate of drug-likeness (QED) is 0.850. The van der Waals surface area contributed by atoms with Crippen LogP contribution in [-0.4, -0.2) is 23.7 Å². The molecule has 0 spiro atoms. The Bertz CT molecular complexity index is 479. The number of nitrogens with one attached hydrogen (secondary N) is 1. The zero-order valence-corrected chi connectivity index (χ0v) is 10.2. The second-order valence-corrected chi connectivity index (χ2v) is 3.81. The predicted molar refractivity (Wildman–Crippen MR) is 67.1 cm³/mol. The van der Waals surface area contributed by atoms with E-state index in [2.05, 4.69) is 20.9 Å². The third-order valence-electron chi connectivity index (χ3n) is 2.67. The number of benzene rings is 1. The van der Waals surface area contributed by atoms with Crippen LogP contribution in [0.5, 0.6) is 5.75 Å². The van der Waals surface area contributed by atoms with Gasteiger partial charge in [0, 0.05) is 18.0 Å². The van der Waals surface area contributed by atoms with Gasteiger partial charge < -0.3 is 14.6 Å². The standard InChI is InChI=1S/C13H17N3O/c1-14-9-13-15-7-8-16(13)10-11-5-3-4-6-12(11)17-2/h3-8,14H,9-10H2,1-2H3. The summed E-state index contributed by atoms with van der Waals surface area (Å²) >= 11 is 0. The molecule has 0 unspecified atom stereocenters. The number of hydrogen-bond donors (Lipinski definition) is 1. The summed E-state index contributed by atoms with van der Waals surface area (Å²) in [7, 11) is 3.61. The largest absolute Gasteiger partial charge is 0.496 e. The van der Waals surface area contributed by atoms with Gasteiger partial charge in [0.1, 0.15) is 11.6 Å². The molecule has 1 aromatic heterocycles. The summed E-state index contributed by atoms with van der Waals surface area (Å²) in [4.78, 5) is 4.32. The first-order chi connectivity index (χ1) is 8.35. The van der Waals surface area contributed by atoms with E-state index in [0.717, 1.165) is 30.2 Å². The molecule has 0 aliphatic heterocycles. The SMILES string of the molecule is CNCc1nccn1Cc1ccccc1OC. The number of methoxy groups -OCH3 is 1. The molecule has 0 bridgehead atoms. The molecule has 2 rings (SSSR count). The van der Waals surface area contributed by atoms with E-state index in [9.17, 15) is 0 Å². The van der Waals surface area contributed by atoms with Gasteiger partial charge in [-0.3, -0.25) is 0 Å². The fourth-order valence-electron chi connectivity index (χ4n) is 1.83. The molecule has 0 saturated heterocycles. The molecule has 4 heteroatoms. The van der Waals surface area contributed by atoms with Crippen molar-refractivity contribution in [2.75, 3.05) is 14.2 Å². The molecule has 0 saturated carbocycles. The van der Waals surface area contributed by atoms with Gasteiger partial charge in [0.15, 0.2) is 0 Å². The molecule has 0 aliphatic rings. The second kappa shape index (κ2) is 5.50. The predicted octanol–water partition coefficient (Wildman–Crippen LogP) is 1.66. The lowest BCUT2D eigenvalue weighted by molar-refractivity contribution is 0.408. The van der Waals surface area contributed by atoms with E-state index in [-0.39, 0.29) is 0 Å². The van der Waals surface area contributed by atoms with Crippen molar-refractivity contribution in [1.29, 1.82) is 0 Å². The number of nitrogens with zero attached hydrogens (tertiary/aromatic N) is 2. The van der Waals surface area contributed by atoms with Gasteiger partial charge in [-0.15, -0.1) is 0 Å². The Morgan fingerprint density at radius 2 is 2.18 bits per heavy atom. The van der Waals surface area contributed by atoms with E-state index in [1.54, 1.807) is 7.11 Å². The highest BCUT2D eigenvalue weighted by Gasteiger charge is 2.06. The number of imidazole rings is 1. The lowest BCUT2D eigenvalue weighted by Gasteiger charge is -2.11. The molecular weight excluding hydrogens is 214 g/mol. The molecule has 4 nitrogen and oxygen atoms in total. The van der Waals surface area contributed by atoms with Gasteiger partial charge in [-0.2, -0.15) is 0 Å². The van der Waals surface area contributed by atoms with Crippen LogP contribution in [0.15, 0.2) is 36.7 Å². The maximum atomic E-state index is 5.34. The maximum Gasteiger partial charge on any atom is 0.123 e. The molecule has 1 heterocycles. The Labute approximate surface area is 101 Å². The molecule has 1 aromatic carbocycles. The zero-order valence-electron chi connectivity index (χ0n) is 10.2. The molecule has 0 aliphatic carbocycles. The van der Waals surface area contributed by atoms with Crippen LogP contribution in [0, 0.1) is 0 Å². The molecule has 17 heavy (non-hydrogen) atoms. The monoisotopic (exact) mass is 231 g/mol. The van der Waals surface area contributed by atoms with Crippen LogP contribution in [0.25, 0.3) is 0 Å². The normalized spacial score (nSPS) is 10.5. The van der Waals surface area contributed by atoms with Gasteiger partial charge in [0.2, 0.25) is 0 Å². The van der Waals surface area contributed by atoms with Gasteiger partial charge >= 0.3 is 0 Å². The number of aromatic nitrogens is 2. The minimum Gasteiger partial charge on any atom is -0.496 e. The first-order valence-corrected chi connectivity index (χ1v) is 5.61. The Morgan fingerprint density at radius 3 is 2.94 bits per heavy atom. The van der Waals surface area contributed by atoms with Crippen molar-refractivity contribution in [1.82, 2.24) is 14.9 Å². The van der Waals surface area contributed by atoms with E-state index in [0.29, 0.717) is 0 Å². The summed E-state index contributed by atoms with van der Waals surface area (Å²) in [6, 6.07) is 8.04. The minimum atomic E-state index is 0.766. The average molecular weight is 231 g/mol. The molecule has 0 amide bonds. The molecule has 2 aromatic rings. The third-order valence-corrected chi connectivity index (χ3v) is 2.67. The third kappa shape index (κ3) is 2.65. The number of hydrogen-bond acceptors (Lipinski definition) is 3. The van der Waals surface area contributed by atoms with Crippen LogP contribution in [0.3, 0.4) is 0 Å². The van der Waals surface area contributed by atoms with E-state index < -0.39 is 0 Å². The van der Waals surface area contributed by atoms with Crippen molar-refractivity contribution < 1.29 is 4.74 Å². The molecule has 90 valence electrons. The van der Waals surface area contributed by atoms with E-state index >= 15 is 0 Å². The molecule has 0 radical (unpaired) electrons. The highest BCUT2D eigenvalue weighted by molar-refractivity contribution is 5.33. The maximum absolute atomic E-state index is 5.34. The molecule has 0 fully saturated rings. The number of para-hydroxylation sites is 1. The Kier molecular flexibility index (Phi) is 3.77. The van der Waals surface area contributed by atoms with Crippen LogP contribution in [0.2, 0.25) is 0 Å². The van der Waals surface area contributed by atoms with Crippen molar-refractivity contribution in [2.45, 2.75) is 13.1 Å². The van der Waals surface area contributed by atoms with Crippen molar-refractivity contribution in [3.63, 3.8) is 0 Å². The Hall–Kier alpha value is -1.81. The average Bonchev–Trinajstić information content (AvgIpc) is 2.78. The van der Waals surface area contributed by atoms with Crippen molar-refractivity contribution in [3.05, 3.63) is 48.0 Å². The minimum absolute atomic E-state index is 0.766. The summed E-state index contributed by atoms with van der Waals surface area (Å²) in [5.74, 6) is 1.94. The summed E-state index contributed by atoms with van der Waals surface area (Å²) in [5.41, 5.74) is 1.16. The molecular formula is C13H17N3O. The van der Waals surface area contributed by atoms with E-state index in [1.165, 1.54) is 0 Å². The lowest BCUT2D eigenvalue weighted by Crippen LogP contribution is -2.13. The van der Waals surface area contributed by atoms with Crippen molar-refractivity contribution in [3.8, 4) is 5.75 Å². The van der Waals surface area contributed by atoms with E-state index in [4.69, 9.17) is 4.74 Å². The Balaban J connectivity index is 2.22. The van der Waals surface area contributed by atoms with Gasteiger partial charge in [-0.05, 0) is 13.1 Å². The first-order valence-electron chi connectivity index (χ1n) is 5.61. The van der Waals surface area contributed by atoms with Crippen LogP contribution < -0.4 is 10.1 Å². The van der Waals surface area contributed by atoms with E-state index in [1.807, 2.05) is 37.6 Å². The van der Waals surface area contributed by atoms with Crippen LogP contribution in [-0.2, 0) is 13.1 Å². The van der Waals surface area contributed by atoms with Crippen molar-refractivity contribution in [2.24, 2.45) is 0 Å².